The van der Waals surface area contributed by atoms with Crippen LogP contribution >= 0.6 is 0 Å². The van der Waals surface area contributed by atoms with Gasteiger partial charge in [0.05, 0.1) is 6.10 Å². The van der Waals surface area contributed by atoms with Crippen LogP contribution in [0.3, 0.4) is 0 Å². The Morgan fingerprint density at radius 2 is 1.56 bits per heavy atom. The lowest BCUT2D eigenvalue weighted by atomic mass is 9.80. The summed E-state index contributed by atoms with van der Waals surface area (Å²) >= 11 is 0. The molecule has 0 aliphatic heterocycles. The first-order valence-electron chi connectivity index (χ1n) is 7.75. The topological polar surface area (TPSA) is 21.3 Å². The highest BCUT2D eigenvalue weighted by Gasteiger charge is 2.33. The van der Waals surface area contributed by atoms with Crippen LogP contribution in [0.25, 0.3) is 0 Å². The molecule has 0 aromatic rings. The summed E-state index contributed by atoms with van der Waals surface area (Å²) in [5.41, 5.74) is 0.189. The Morgan fingerprint density at radius 1 is 1.00 bits per heavy atom. The number of nitrogens with one attached hydrogen (secondary N) is 1. The third-order valence-electron chi connectivity index (χ3n) is 3.77. The standard InChI is InChI=1S/C16H35NO/c1-8-13(9-2)12-14(17-10-3)15(18-11-4)16(5,6)7/h13-15,17H,8-12H2,1-7H3. The number of likely N-dealkylation sites (N-methyl/N-ethyl adjacent to an activating group) is 1. The molecule has 18 heavy (non-hydrogen) atoms. The van der Waals surface area contributed by atoms with Crippen LogP contribution in [-0.4, -0.2) is 25.3 Å². The van der Waals surface area contributed by atoms with Gasteiger partial charge < -0.3 is 10.1 Å². The molecule has 2 nitrogen and oxygen atoms in total. The Kier molecular flexibility index (Phi) is 8.89. The van der Waals surface area contributed by atoms with Gasteiger partial charge in [0.15, 0.2) is 0 Å². The zero-order chi connectivity index (χ0) is 14.2. The fourth-order valence-corrected chi connectivity index (χ4v) is 2.71. The van der Waals surface area contributed by atoms with E-state index in [1.807, 2.05) is 0 Å². The van der Waals surface area contributed by atoms with Crippen LogP contribution in [0.4, 0.5) is 0 Å². The average molecular weight is 257 g/mol. The van der Waals surface area contributed by atoms with E-state index in [9.17, 15) is 0 Å². The molecule has 0 heterocycles. The summed E-state index contributed by atoms with van der Waals surface area (Å²) in [6, 6.07) is 0.472. The van der Waals surface area contributed by atoms with E-state index in [2.05, 4.69) is 53.8 Å². The van der Waals surface area contributed by atoms with E-state index >= 15 is 0 Å². The SMILES string of the molecule is CCNC(CC(CC)CC)C(OCC)C(C)(C)C. The van der Waals surface area contributed by atoms with Crippen molar-refractivity contribution in [2.45, 2.75) is 79.9 Å². The minimum absolute atomic E-state index is 0.189. The zero-order valence-corrected chi connectivity index (χ0v) is 13.7. The first-order chi connectivity index (χ1) is 8.40. The van der Waals surface area contributed by atoms with Crippen molar-refractivity contribution in [3.05, 3.63) is 0 Å². The maximum absolute atomic E-state index is 6.05. The number of hydrogen-bond donors (Lipinski definition) is 1. The number of ether oxygens (including phenoxy) is 1. The summed E-state index contributed by atoms with van der Waals surface area (Å²) in [5, 5.41) is 3.65. The van der Waals surface area contributed by atoms with Crippen molar-refractivity contribution in [1.29, 1.82) is 0 Å². The lowest BCUT2D eigenvalue weighted by Crippen LogP contribution is -2.49. The molecule has 0 aliphatic carbocycles. The van der Waals surface area contributed by atoms with Gasteiger partial charge in [-0.3, -0.25) is 0 Å². The Morgan fingerprint density at radius 3 is 1.89 bits per heavy atom. The molecule has 0 saturated heterocycles. The van der Waals surface area contributed by atoms with Crippen LogP contribution in [0.2, 0.25) is 0 Å². The normalized spacial score (nSPS) is 16.0. The van der Waals surface area contributed by atoms with Gasteiger partial charge in [0.25, 0.3) is 0 Å². The average Bonchev–Trinajstić information content (AvgIpc) is 2.30. The van der Waals surface area contributed by atoms with Gasteiger partial charge >= 0.3 is 0 Å². The molecule has 0 spiro atoms. The van der Waals surface area contributed by atoms with Crippen LogP contribution < -0.4 is 5.32 Å². The second-order valence-electron chi connectivity index (χ2n) is 6.32. The van der Waals surface area contributed by atoms with E-state index in [0.29, 0.717) is 12.1 Å². The monoisotopic (exact) mass is 257 g/mol. The molecular weight excluding hydrogens is 222 g/mol. The summed E-state index contributed by atoms with van der Waals surface area (Å²) in [6.07, 6.45) is 4.05. The van der Waals surface area contributed by atoms with Gasteiger partial charge in [0.1, 0.15) is 0 Å². The van der Waals surface area contributed by atoms with E-state index in [1.54, 1.807) is 0 Å². The molecule has 0 bridgehead atoms. The lowest BCUT2D eigenvalue weighted by Gasteiger charge is -2.38. The molecule has 1 N–H and O–H groups in total. The Bertz CT molecular complexity index is 194. The van der Waals surface area contributed by atoms with Crippen molar-refractivity contribution < 1.29 is 4.74 Å². The molecule has 2 heteroatoms. The molecule has 0 rings (SSSR count). The Balaban J connectivity index is 4.79. The minimum Gasteiger partial charge on any atom is -0.376 e. The predicted molar refractivity (Wildman–Crippen MR) is 81.0 cm³/mol. The summed E-state index contributed by atoms with van der Waals surface area (Å²) in [4.78, 5) is 0. The van der Waals surface area contributed by atoms with Crippen molar-refractivity contribution in [2.24, 2.45) is 11.3 Å². The molecule has 0 radical (unpaired) electrons. The van der Waals surface area contributed by atoms with Gasteiger partial charge in [0, 0.05) is 12.6 Å². The van der Waals surface area contributed by atoms with Crippen LogP contribution in [0, 0.1) is 11.3 Å². The van der Waals surface area contributed by atoms with Crippen LogP contribution in [-0.2, 0) is 4.74 Å². The van der Waals surface area contributed by atoms with E-state index < -0.39 is 0 Å². The second-order valence-corrected chi connectivity index (χ2v) is 6.32. The third-order valence-corrected chi connectivity index (χ3v) is 3.77. The number of hydrogen-bond acceptors (Lipinski definition) is 2. The summed E-state index contributed by atoms with van der Waals surface area (Å²) in [7, 11) is 0. The molecule has 2 unspecified atom stereocenters. The lowest BCUT2D eigenvalue weighted by molar-refractivity contribution is -0.0404. The van der Waals surface area contributed by atoms with Crippen LogP contribution in [0.1, 0.15) is 67.7 Å². The molecule has 110 valence electrons. The van der Waals surface area contributed by atoms with Crippen LogP contribution in [0.15, 0.2) is 0 Å². The largest absolute Gasteiger partial charge is 0.376 e. The van der Waals surface area contributed by atoms with Gasteiger partial charge in [-0.05, 0) is 31.2 Å². The molecule has 0 aromatic carbocycles. The number of rotatable bonds is 9. The van der Waals surface area contributed by atoms with Crippen LogP contribution in [0.5, 0.6) is 0 Å². The molecular formula is C16H35NO. The third kappa shape index (κ3) is 6.19. The maximum atomic E-state index is 6.05. The van der Waals surface area contributed by atoms with Gasteiger partial charge in [-0.2, -0.15) is 0 Å². The Labute approximate surface area is 115 Å². The zero-order valence-electron chi connectivity index (χ0n) is 13.7. The first kappa shape index (κ1) is 17.9. The summed E-state index contributed by atoms with van der Waals surface area (Å²) < 4.78 is 6.05. The molecule has 2 atom stereocenters. The smallest absolute Gasteiger partial charge is 0.0776 e. The highest BCUT2D eigenvalue weighted by atomic mass is 16.5. The minimum atomic E-state index is 0.189. The second kappa shape index (κ2) is 8.92. The van der Waals surface area contributed by atoms with E-state index in [1.165, 1.54) is 19.3 Å². The molecule has 0 fully saturated rings. The quantitative estimate of drug-likeness (QED) is 0.667. The molecule has 0 amide bonds. The van der Waals surface area contributed by atoms with Gasteiger partial charge in [0.2, 0.25) is 0 Å². The first-order valence-corrected chi connectivity index (χ1v) is 7.75. The van der Waals surface area contributed by atoms with E-state index in [4.69, 9.17) is 4.74 Å². The summed E-state index contributed by atoms with van der Waals surface area (Å²) in [5.74, 6) is 0.805. The predicted octanol–water partition coefficient (Wildman–Crippen LogP) is 4.24. The fraction of sp³-hybridized carbons (Fsp3) is 1.00. The van der Waals surface area contributed by atoms with E-state index in [-0.39, 0.29) is 5.41 Å². The van der Waals surface area contributed by atoms with Crippen molar-refractivity contribution >= 4 is 0 Å². The summed E-state index contributed by atoms with van der Waals surface area (Å²) in [6.45, 7) is 17.5. The van der Waals surface area contributed by atoms with Gasteiger partial charge in [-0.1, -0.05) is 54.4 Å². The maximum Gasteiger partial charge on any atom is 0.0776 e. The molecule has 0 saturated carbocycles. The Hall–Kier alpha value is -0.0800. The van der Waals surface area contributed by atoms with Gasteiger partial charge in [-0.15, -0.1) is 0 Å². The fourth-order valence-electron chi connectivity index (χ4n) is 2.71. The molecule has 0 aromatic heterocycles. The highest BCUT2D eigenvalue weighted by Crippen LogP contribution is 2.29. The van der Waals surface area contributed by atoms with Gasteiger partial charge in [-0.25, -0.2) is 0 Å². The molecule has 0 aliphatic rings. The van der Waals surface area contributed by atoms with Crippen molar-refractivity contribution in [1.82, 2.24) is 5.32 Å². The van der Waals surface area contributed by atoms with E-state index in [0.717, 1.165) is 19.1 Å². The van der Waals surface area contributed by atoms with Crippen molar-refractivity contribution in [3.63, 3.8) is 0 Å². The van der Waals surface area contributed by atoms with Crippen molar-refractivity contribution in [3.8, 4) is 0 Å². The highest BCUT2D eigenvalue weighted by molar-refractivity contribution is 4.87. The van der Waals surface area contributed by atoms with Crippen molar-refractivity contribution in [2.75, 3.05) is 13.2 Å².